The lowest BCUT2D eigenvalue weighted by Crippen LogP contribution is -2.39. The van der Waals surface area contributed by atoms with Crippen molar-refractivity contribution in [3.05, 3.63) is 39.9 Å². The summed E-state index contributed by atoms with van der Waals surface area (Å²) in [7, 11) is 0. The van der Waals surface area contributed by atoms with E-state index in [1.54, 1.807) is 13.8 Å². The quantitative estimate of drug-likeness (QED) is 0.0851. The molecule has 282 valence electrons. The van der Waals surface area contributed by atoms with E-state index in [0.717, 1.165) is 27.7 Å². The molecule has 1 rings (SSSR count). The van der Waals surface area contributed by atoms with Crippen molar-refractivity contribution in [2.24, 2.45) is 0 Å². The molecular weight excluding hydrogens is 723 g/mol. The fraction of sp³-hybridized carbons (Fsp3) is 0.515. The number of hydrogen-bond acceptors (Lipinski definition) is 16. The van der Waals surface area contributed by atoms with Crippen LogP contribution in [-0.2, 0) is 66.7 Å². The summed E-state index contributed by atoms with van der Waals surface area (Å²) in [5, 5.41) is -0.241. The molecule has 51 heavy (non-hydrogen) atoms. The van der Waals surface area contributed by atoms with Gasteiger partial charge in [-0.2, -0.15) is 0 Å². The van der Waals surface area contributed by atoms with Crippen molar-refractivity contribution < 1.29 is 76.3 Å². The van der Waals surface area contributed by atoms with Crippen LogP contribution in [-0.4, -0.2) is 97.4 Å². The third-order valence-electron chi connectivity index (χ3n) is 6.44. The number of esters is 7. The van der Waals surface area contributed by atoms with E-state index in [-0.39, 0.29) is 28.0 Å². The van der Waals surface area contributed by atoms with Gasteiger partial charge >= 0.3 is 41.8 Å². The minimum Gasteiger partial charge on any atom is -0.480 e. The molecule has 0 spiro atoms. The SMILES string of the molecule is C=C(CC)C(=O)c1ccc(OCC(=O)OC(C)C(=O)OC(C)C(=O)OC(C)C(=O)OC(C)C(=O)OC(C)C(=O)OC(C)C(=O)OCC)c(Cl)c1Cl. The van der Waals surface area contributed by atoms with E-state index < -0.39 is 90.8 Å². The van der Waals surface area contributed by atoms with Crippen molar-refractivity contribution in [2.75, 3.05) is 13.2 Å². The number of carbonyl (C=O) groups is 8. The van der Waals surface area contributed by atoms with Crippen LogP contribution in [0.4, 0.5) is 0 Å². The lowest BCUT2D eigenvalue weighted by Gasteiger charge is -2.20. The molecule has 0 aliphatic heterocycles. The van der Waals surface area contributed by atoms with Crippen LogP contribution < -0.4 is 4.74 Å². The summed E-state index contributed by atoms with van der Waals surface area (Å²) in [6.45, 7) is 13.3. The van der Waals surface area contributed by atoms with Gasteiger partial charge in [-0.05, 0) is 72.6 Å². The lowest BCUT2D eigenvalue weighted by atomic mass is 10.0. The number of carbonyl (C=O) groups excluding carboxylic acids is 8. The molecule has 6 unspecified atom stereocenters. The van der Waals surface area contributed by atoms with Crippen molar-refractivity contribution in [1.82, 2.24) is 0 Å². The third kappa shape index (κ3) is 13.9. The normalized spacial score (nSPS) is 14.2. The Kier molecular flexibility index (Phi) is 18.1. The minimum atomic E-state index is -1.59. The summed E-state index contributed by atoms with van der Waals surface area (Å²) in [6, 6.07) is 2.68. The van der Waals surface area contributed by atoms with Crippen LogP contribution in [0, 0.1) is 0 Å². The van der Waals surface area contributed by atoms with Crippen LogP contribution in [0.5, 0.6) is 5.75 Å². The summed E-state index contributed by atoms with van der Waals surface area (Å²) >= 11 is 12.4. The second kappa shape index (κ2) is 20.8. The molecule has 1 aromatic rings. The van der Waals surface area contributed by atoms with Gasteiger partial charge in [-0.1, -0.05) is 36.7 Å². The van der Waals surface area contributed by atoms with E-state index in [9.17, 15) is 38.4 Å². The monoisotopic (exact) mass is 762 g/mol. The fourth-order valence-corrected chi connectivity index (χ4v) is 3.90. The van der Waals surface area contributed by atoms with Crippen molar-refractivity contribution in [1.29, 1.82) is 0 Å². The largest absolute Gasteiger partial charge is 0.480 e. The van der Waals surface area contributed by atoms with E-state index in [0.29, 0.717) is 12.0 Å². The van der Waals surface area contributed by atoms with Crippen LogP contribution in [0.2, 0.25) is 10.0 Å². The van der Waals surface area contributed by atoms with Crippen molar-refractivity contribution >= 4 is 70.8 Å². The molecule has 0 radical (unpaired) electrons. The molecule has 0 aromatic heterocycles. The van der Waals surface area contributed by atoms with Crippen LogP contribution in [0.15, 0.2) is 24.3 Å². The first-order valence-corrected chi connectivity index (χ1v) is 16.2. The maximum Gasteiger partial charge on any atom is 0.347 e. The van der Waals surface area contributed by atoms with E-state index in [1.807, 2.05) is 0 Å². The highest BCUT2D eigenvalue weighted by molar-refractivity contribution is 6.45. The van der Waals surface area contributed by atoms with Gasteiger partial charge in [0.05, 0.1) is 11.6 Å². The summed E-state index contributed by atoms with van der Waals surface area (Å²) in [5.41, 5.74) is 0.415. The molecule has 0 fully saturated rings. The topological polar surface area (TPSA) is 210 Å². The van der Waals surface area contributed by atoms with E-state index in [2.05, 4.69) is 6.58 Å². The highest BCUT2D eigenvalue weighted by Gasteiger charge is 2.32. The summed E-state index contributed by atoms with van der Waals surface area (Å²) in [5.74, 6) is -8.00. The zero-order chi connectivity index (χ0) is 39.2. The first kappa shape index (κ1) is 44.3. The Bertz CT molecular complexity index is 1510. The number of rotatable bonds is 19. The van der Waals surface area contributed by atoms with Crippen LogP contribution >= 0.6 is 23.2 Å². The maximum atomic E-state index is 12.4. The maximum absolute atomic E-state index is 12.4. The molecule has 1 aromatic carbocycles. The van der Waals surface area contributed by atoms with Gasteiger partial charge in [0, 0.05) is 5.56 Å². The predicted molar refractivity (Wildman–Crippen MR) is 176 cm³/mol. The molecule has 18 heteroatoms. The molecule has 16 nitrogen and oxygen atoms in total. The van der Waals surface area contributed by atoms with Gasteiger partial charge in [0.1, 0.15) is 10.8 Å². The number of ether oxygens (including phenoxy) is 8. The summed E-state index contributed by atoms with van der Waals surface area (Å²) in [4.78, 5) is 97.9. The molecule has 0 heterocycles. The van der Waals surface area contributed by atoms with Gasteiger partial charge < -0.3 is 37.9 Å². The Labute approximate surface area is 303 Å². The highest BCUT2D eigenvalue weighted by atomic mass is 35.5. The summed E-state index contributed by atoms with van der Waals surface area (Å²) < 4.78 is 39.6. The van der Waals surface area contributed by atoms with Gasteiger partial charge in [0.2, 0.25) is 0 Å². The molecule has 0 bridgehead atoms. The number of allylic oxidation sites excluding steroid dienone is 1. The second-order valence-electron chi connectivity index (χ2n) is 10.6. The van der Waals surface area contributed by atoms with E-state index in [4.69, 9.17) is 61.1 Å². The van der Waals surface area contributed by atoms with Gasteiger partial charge in [-0.3, -0.25) is 4.79 Å². The lowest BCUT2D eigenvalue weighted by molar-refractivity contribution is -0.188. The molecule has 0 aliphatic carbocycles. The standard InChI is InChI=1S/C33H40Cl2O16/c1-10-15(3)27(37)22-12-13-23(26(35)25(22)34)45-14-24(36)46-17(5)29(39)48-19(7)31(41)50-21(9)33(43)51-20(8)32(42)49-18(6)30(40)47-16(4)28(38)44-11-2/h12-13,16-21H,3,10-11,14H2,1-2,4-9H3. The van der Waals surface area contributed by atoms with Gasteiger partial charge in [0.25, 0.3) is 0 Å². The van der Waals surface area contributed by atoms with Crippen LogP contribution in [0.3, 0.4) is 0 Å². The smallest absolute Gasteiger partial charge is 0.347 e. The number of ketones is 1. The Balaban J connectivity index is 2.58. The zero-order valence-electron chi connectivity index (χ0n) is 29.2. The average molecular weight is 764 g/mol. The first-order chi connectivity index (χ1) is 23.7. The number of benzene rings is 1. The van der Waals surface area contributed by atoms with Gasteiger partial charge in [0.15, 0.2) is 49.0 Å². The number of Topliss-reactive ketones (excluding diaryl/α,β-unsaturated/α-hetero) is 1. The molecule has 6 atom stereocenters. The Morgan fingerprint density at radius 3 is 1.33 bits per heavy atom. The number of hydrogen-bond donors (Lipinski definition) is 0. The van der Waals surface area contributed by atoms with Crippen molar-refractivity contribution in [3.63, 3.8) is 0 Å². The van der Waals surface area contributed by atoms with Crippen molar-refractivity contribution in [3.8, 4) is 5.75 Å². The molecule has 0 N–H and O–H groups in total. The third-order valence-corrected chi connectivity index (χ3v) is 7.30. The highest BCUT2D eigenvalue weighted by Crippen LogP contribution is 2.35. The van der Waals surface area contributed by atoms with Gasteiger partial charge in [-0.25, -0.2) is 33.6 Å². The Hall–Kier alpha value is -4.70. The molecule has 0 aliphatic rings. The fourth-order valence-electron chi connectivity index (χ4n) is 3.44. The van der Waals surface area contributed by atoms with Gasteiger partial charge in [-0.15, -0.1) is 0 Å². The number of halogens is 2. The molecule has 0 amide bonds. The van der Waals surface area contributed by atoms with E-state index >= 15 is 0 Å². The van der Waals surface area contributed by atoms with Crippen LogP contribution in [0.25, 0.3) is 0 Å². The van der Waals surface area contributed by atoms with E-state index in [1.165, 1.54) is 26.0 Å². The zero-order valence-corrected chi connectivity index (χ0v) is 30.7. The van der Waals surface area contributed by atoms with Crippen LogP contribution in [0.1, 0.15) is 72.2 Å². The predicted octanol–water partition coefficient (Wildman–Crippen LogP) is 3.67. The second-order valence-corrected chi connectivity index (χ2v) is 11.3. The first-order valence-electron chi connectivity index (χ1n) is 15.5. The van der Waals surface area contributed by atoms with Crippen molar-refractivity contribution in [2.45, 2.75) is 98.4 Å². The average Bonchev–Trinajstić information content (AvgIpc) is 3.07. The molecular formula is C33H40Cl2O16. The summed E-state index contributed by atoms with van der Waals surface area (Å²) in [6.07, 6.45) is -8.59. The minimum absolute atomic E-state index is 0.0421. The molecule has 0 saturated carbocycles. The molecule has 0 saturated heterocycles. The Morgan fingerprint density at radius 1 is 0.588 bits per heavy atom. The Morgan fingerprint density at radius 2 is 0.961 bits per heavy atom.